The van der Waals surface area contributed by atoms with Crippen molar-refractivity contribution in [1.82, 2.24) is 9.55 Å². The minimum absolute atomic E-state index is 0.320. The van der Waals surface area contributed by atoms with Crippen LogP contribution in [0.4, 0.5) is 0 Å². The van der Waals surface area contributed by atoms with Crippen LogP contribution >= 0.6 is 34.8 Å². The zero-order valence-corrected chi connectivity index (χ0v) is 15.7. The predicted molar refractivity (Wildman–Crippen MR) is 100 cm³/mol. The van der Waals surface area contributed by atoms with Gasteiger partial charge in [-0.1, -0.05) is 48.7 Å². The number of hydrogen-bond acceptors (Lipinski definition) is 2. The first-order valence-electron chi connectivity index (χ1n) is 7.66. The molecule has 3 nitrogen and oxygen atoms in total. The largest absolute Gasteiger partial charge is 0.484 e. The average molecular weight is 384 g/mol. The maximum atomic E-state index is 6.17. The van der Waals surface area contributed by atoms with Crippen molar-refractivity contribution in [3.8, 4) is 5.75 Å². The number of ether oxygens (including phenoxy) is 1. The molecule has 0 saturated heterocycles. The molecule has 0 bridgehead atoms. The Hall–Kier alpha value is -1.42. The molecule has 0 aliphatic carbocycles. The summed E-state index contributed by atoms with van der Waals surface area (Å²) < 4.78 is 8.02. The lowest BCUT2D eigenvalue weighted by Gasteiger charge is -2.13. The summed E-state index contributed by atoms with van der Waals surface area (Å²) in [5, 5.41) is 1.73. The van der Waals surface area contributed by atoms with Crippen LogP contribution in [0.2, 0.25) is 15.1 Å². The Labute approximate surface area is 156 Å². The summed E-state index contributed by atoms with van der Waals surface area (Å²) in [6.07, 6.45) is 0. The molecule has 3 aromatic rings. The molecule has 0 aliphatic heterocycles. The summed E-state index contributed by atoms with van der Waals surface area (Å²) in [5.74, 6) is 1.91. The Morgan fingerprint density at radius 1 is 1.04 bits per heavy atom. The van der Waals surface area contributed by atoms with Gasteiger partial charge in [0.25, 0.3) is 0 Å². The van der Waals surface area contributed by atoms with Crippen LogP contribution in [0.3, 0.4) is 0 Å². The molecule has 0 unspecified atom stereocenters. The Balaban J connectivity index is 1.92. The third-order valence-electron chi connectivity index (χ3n) is 3.59. The fraction of sp³-hybridized carbons (Fsp3) is 0.278. The molecule has 0 fully saturated rings. The van der Waals surface area contributed by atoms with Gasteiger partial charge in [-0.05, 0) is 42.3 Å². The van der Waals surface area contributed by atoms with E-state index in [-0.39, 0.29) is 0 Å². The standard InChI is InChI=1S/C18H17Cl3N2O/c1-11(2)9-23-16-5-3-13(20)8-15(16)22-18(23)10-24-17-6-4-12(19)7-14(17)21/h3-8,11H,9-10H2,1-2H3. The van der Waals surface area contributed by atoms with Crippen molar-refractivity contribution < 1.29 is 4.74 Å². The first-order valence-corrected chi connectivity index (χ1v) is 8.80. The second kappa shape index (κ2) is 7.22. The molecule has 24 heavy (non-hydrogen) atoms. The molecule has 1 heterocycles. The predicted octanol–water partition coefficient (Wildman–Crippen LogP) is 6.23. The van der Waals surface area contributed by atoms with E-state index >= 15 is 0 Å². The Kier molecular flexibility index (Phi) is 5.24. The Morgan fingerprint density at radius 3 is 2.46 bits per heavy atom. The quantitative estimate of drug-likeness (QED) is 0.522. The van der Waals surface area contributed by atoms with Gasteiger partial charge in [-0.25, -0.2) is 4.98 Å². The van der Waals surface area contributed by atoms with E-state index in [1.807, 2.05) is 18.2 Å². The molecule has 0 N–H and O–H groups in total. The molecular formula is C18H17Cl3N2O. The molecule has 6 heteroatoms. The normalized spacial score (nSPS) is 11.4. The molecular weight excluding hydrogens is 367 g/mol. The van der Waals surface area contributed by atoms with Crippen molar-refractivity contribution >= 4 is 45.8 Å². The summed E-state index contributed by atoms with van der Waals surface area (Å²) in [4.78, 5) is 4.67. The lowest BCUT2D eigenvalue weighted by molar-refractivity contribution is 0.288. The van der Waals surface area contributed by atoms with E-state index in [0.29, 0.717) is 33.3 Å². The molecule has 0 spiro atoms. The third-order valence-corrected chi connectivity index (χ3v) is 4.35. The summed E-state index contributed by atoms with van der Waals surface area (Å²) in [6, 6.07) is 10.9. The van der Waals surface area contributed by atoms with Crippen molar-refractivity contribution in [1.29, 1.82) is 0 Å². The highest BCUT2D eigenvalue weighted by Gasteiger charge is 2.13. The molecule has 0 radical (unpaired) electrons. The number of imidazole rings is 1. The number of fused-ring (bicyclic) bond motifs is 1. The van der Waals surface area contributed by atoms with Crippen molar-refractivity contribution in [2.45, 2.75) is 27.0 Å². The summed E-state index contributed by atoms with van der Waals surface area (Å²) in [6.45, 7) is 5.51. The van der Waals surface area contributed by atoms with Crippen LogP contribution in [0.1, 0.15) is 19.7 Å². The van der Waals surface area contributed by atoms with Gasteiger partial charge in [0.1, 0.15) is 18.2 Å². The van der Waals surface area contributed by atoms with E-state index in [1.165, 1.54) is 0 Å². The van der Waals surface area contributed by atoms with Gasteiger partial charge in [0, 0.05) is 16.6 Å². The van der Waals surface area contributed by atoms with Crippen LogP contribution in [0, 0.1) is 5.92 Å². The van der Waals surface area contributed by atoms with Gasteiger partial charge in [-0.2, -0.15) is 0 Å². The van der Waals surface area contributed by atoms with Gasteiger partial charge in [0.2, 0.25) is 0 Å². The second-order valence-corrected chi connectivity index (χ2v) is 7.31. The van der Waals surface area contributed by atoms with E-state index in [1.54, 1.807) is 18.2 Å². The number of halogens is 3. The third kappa shape index (κ3) is 3.80. The van der Waals surface area contributed by atoms with Crippen molar-refractivity contribution in [2.24, 2.45) is 5.92 Å². The minimum Gasteiger partial charge on any atom is -0.484 e. The minimum atomic E-state index is 0.320. The van der Waals surface area contributed by atoms with E-state index < -0.39 is 0 Å². The van der Waals surface area contributed by atoms with E-state index in [4.69, 9.17) is 39.5 Å². The molecule has 1 aromatic heterocycles. The summed E-state index contributed by atoms with van der Waals surface area (Å²) in [7, 11) is 0. The highest BCUT2D eigenvalue weighted by molar-refractivity contribution is 6.35. The number of rotatable bonds is 5. The highest BCUT2D eigenvalue weighted by atomic mass is 35.5. The SMILES string of the molecule is CC(C)Cn1c(COc2ccc(Cl)cc2Cl)nc2cc(Cl)ccc21. The highest BCUT2D eigenvalue weighted by Crippen LogP contribution is 2.29. The number of benzene rings is 2. The van der Waals surface area contributed by atoms with Gasteiger partial charge in [0.05, 0.1) is 16.1 Å². The fourth-order valence-corrected chi connectivity index (χ4v) is 3.20. The monoisotopic (exact) mass is 382 g/mol. The topological polar surface area (TPSA) is 27.1 Å². The maximum absolute atomic E-state index is 6.17. The van der Waals surface area contributed by atoms with Gasteiger partial charge < -0.3 is 9.30 Å². The molecule has 2 aromatic carbocycles. The van der Waals surface area contributed by atoms with Gasteiger partial charge >= 0.3 is 0 Å². The van der Waals surface area contributed by atoms with Crippen molar-refractivity contribution in [3.05, 3.63) is 57.3 Å². The summed E-state index contributed by atoms with van der Waals surface area (Å²) >= 11 is 18.2. The van der Waals surface area contributed by atoms with E-state index in [2.05, 4.69) is 23.4 Å². The molecule has 126 valence electrons. The smallest absolute Gasteiger partial charge is 0.148 e. The second-order valence-electron chi connectivity index (χ2n) is 6.03. The van der Waals surface area contributed by atoms with Crippen LogP contribution in [0.25, 0.3) is 11.0 Å². The van der Waals surface area contributed by atoms with Gasteiger partial charge in [-0.15, -0.1) is 0 Å². The zero-order chi connectivity index (χ0) is 17.3. The maximum Gasteiger partial charge on any atom is 0.148 e. The van der Waals surface area contributed by atoms with Crippen LogP contribution < -0.4 is 4.74 Å². The van der Waals surface area contributed by atoms with E-state index in [9.17, 15) is 0 Å². The number of aromatic nitrogens is 2. The molecule has 0 aliphatic rings. The van der Waals surface area contributed by atoms with Crippen LogP contribution in [-0.2, 0) is 13.2 Å². The molecule has 3 rings (SSSR count). The van der Waals surface area contributed by atoms with Crippen molar-refractivity contribution in [2.75, 3.05) is 0 Å². The Bertz CT molecular complexity index is 874. The number of hydrogen-bond donors (Lipinski definition) is 0. The first-order chi connectivity index (χ1) is 11.4. The molecule has 0 saturated carbocycles. The first kappa shape index (κ1) is 17.4. The van der Waals surface area contributed by atoms with Crippen LogP contribution in [0.5, 0.6) is 5.75 Å². The number of nitrogens with zero attached hydrogens (tertiary/aromatic N) is 2. The van der Waals surface area contributed by atoms with E-state index in [0.717, 1.165) is 23.4 Å². The lowest BCUT2D eigenvalue weighted by Crippen LogP contribution is -2.11. The fourth-order valence-electron chi connectivity index (χ4n) is 2.57. The lowest BCUT2D eigenvalue weighted by atomic mass is 10.2. The van der Waals surface area contributed by atoms with Gasteiger partial charge in [0.15, 0.2) is 0 Å². The average Bonchev–Trinajstić information content (AvgIpc) is 2.82. The Morgan fingerprint density at radius 2 is 1.75 bits per heavy atom. The molecule has 0 atom stereocenters. The molecule has 0 amide bonds. The zero-order valence-electron chi connectivity index (χ0n) is 13.4. The van der Waals surface area contributed by atoms with Gasteiger partial charge in [-0.3, -0.25) is 0 Å². The van der Waals surface area contributed by atoms with Crippen LogP contribution in [-0.4, -0.2) is 9.55 Å². The summed E-state index contributed by atoms with van der Waals surface area (Å²) in [5.41, 5.74) is 1.91. The van der Waals surface area contributed by atoms with Crippen LogP contribution in [0.15, 0.2) is 36.4 Å². The van der Waals surface area contributed by atoms with Crippen molar-refractivity contribution in [3.63, 3.8) is 0 Å².